The summed E-state index contributed by atoms with van der Waals surface area (Å²) in [5.74, 6) is 0.0976. The van der Waals surface area contributed by atoms with Crippen molar-refractivity contribution in [2.24, 2.45) is 5.92 Å². The highest BCUT2D eigenvalue weighted by atomic mass is 19.4. The Morgan fingerprint density at radius 3 is 2.56 bits per heavy atom. The molecular formula is C24H29F3N6O. The molecule has 10 heteroatoms. The number of rotatable bonds is 2. The summed E-state index contributed by atoms with van der Waals surface area (Å²) in [6.07, 6.45) is -1.83. The third kappa shape index (κ3) is 4.37. The number of hydrogen-bond acceptors (Lipinski definition) is 5. The van der Waals surface area contributed by atoms with E-state index in [2.05, 4.69) is 15.2 Å². The Hall–Kier alpha value is -3.04. The number of alkyl halides is 3. The molecule has 0 radical (unpaired) electrons. The molecule has 2 saturated heterocycles. The first-order chi connectivity index (χ1) is 16.2. The number of piperidine rings is 2. The van der Waals surface area contributed by atoms with E-state index < -0.39 is 12.1 Å². The highest BCUT2D eigenvalue weighted by Crippen LogP contribution is 2.41. The Morgan fingerprint density at radius 2 is 1.79 bits per heavy atom. The molecule has 3 aliphatic rings. The van der Waals surface area contributed by atoms with Crippen molar-refractivity contribution in [3.8, 4) is 0 Å². The van der Waals surface area contributed by atoms with E-state index in [1.54, 1.807) is 15.9 Å². The van der Waals surface area contributed by atoms with E-state index >= 15 is 0 Å². The third-order valence-corrected chi connectivity index (χ3v) is 6.93. The molecule has 5 rings (SSSR count). The Kier molecular flexibility index (Phi) is 5.77. The first-order valence-corrected chi connectivity index (χ1v) is 11.8. The van der Waals surface area contributed by atoms with Crippen molar-refractivity contribution < 1.29 is 18.0 Å². The number of amides is 2. The van der Waals surface area contributed by atoms with Crippen molar-refractivity contribution >= 4 is 29.2 Å². The van der Waals surface area contributed by atoms with Gasteiger partial charge < -0.3 is 9.80 Å². The number of hydrogen-bond donors (Lipinski definition) is 1. The van der Waals surface area contributed by atoms with Gasteiger partial charge in [-0.05, 0) is 69.4 Å². The van der Waals surface area contributed by atoms with Crippen LogP contribution in [-0.2, 0) is 0 Å². The van der Waals surface area contributed by atoms with Crippen LogP contribution in [0.4, 0.5) is 41.1 Å². The number of anilines is 4. The van der Waals surface area contributed by atoms with Gasteiger partial charge in [0.15, 0.2) is 5.82 Å². The maximum atomic E-state index is 13.5. The van der Waals surface area contributed by atoms with E-state index in [1.165, 1.54) is 0 Å². The molecule has 2 atom stereocenters. The SMILES string of the molecule is Cc1cc(C)nc(NC(=O)N2c3nc(N4CCCC(C(F)(F)F)C4)ccc3N3CCCC2C3)c1. The molecule has 34 heavy (non-hydrogen) atoms. The van der Waals surface area contributed by atoms with E-state index in [-0.39, 0.29) is 25.0 Å². The molecule has 0 saturated carbocycles. The number of carbonyl (C=O) groups is 1. The highest BCUT2D eigenvalue weighted by Gasteiger charge is 2.43. The van der Waals surface area contributed by atoms with Crippen LogP contribution in [-0.4, -0.2) is 54.4 Å². The number of carbonyl (C=O) groups excluding carboxylic acids is 1. The predicted molar refractivity (Wildman–Crippen MR) is 126 cm³/mol. The predicted octanol–water partition coefficient (Wildman–Crippen LogP) is 4.89. The van der Waals surface area contributed by atoms with Gasteiger partial charge in [-0.2, -0.15) is 13.2 Å². The van der Waals surface area contributed by atoms with Crippen molar-refractivity contribution in [3.63, 3.8) is 0 Å². The molecule has 2 unspecified atom stereocenters. The van der Waals surface area contributed by atoms with Crippen LogP contribution in [0.3, 0.4) is 0 Å². The maximum absolute atomic E-state index is 13.5. The molecule has 1 N–H and O–H groups in total. The van der Waals surface area contributed by atoms with Crippen molar-refractivity contribution in [2.75, 3.05) is 46.2 Å². The fourth-order valence-corrected chi connectivity index (χ4v) is 5.38. The largest absolute Gasteiger partial charge is 0.393 e. The van der Waals surface area contributed by atoms with Gasteiger partial charge in [0.1, 0.15) is 11.6 Å². The fraction of sp³-hybridized carbons (Fsp3) is 0.542. The van der Waals surface area contributed by atoms with E-state index in [4.69, 9.17) is 4.98 Å². The first-order valence-electron chi connectivity index (χ1n) is 11.8. The summed E-state index contributed by atoms with van der Waals surface area (Å²) in [4.78, 5) is 28.3. The van der Waals surface area contributed by atoms with Crippen LogP contribution in [0.2, 0.25) is 0 Å². The second-order valence-corrected chi connectivity index (χ2v) is 9.55. The van der Waals surface area contributed by atoms with Crippen LogP contribution < -0.4 is 20.0 Å². The maximum Gasteiger partial charge on any atom is 0.393 e. The molecule has 5 heterocycles. The number of pyridine rings is 2. The van der Waals surface area contributed by atoms with Gasteiger partial charge in [-0.15, -0.1) is 0 Å². The summed E-state index contributed by atoms with van der Waals surface area (Å²) in [7, 11) is 0. The zero-order chi connectivity index (χ0) is 24.0. The Balaban J connectivity index is 1.47. The molecule has 0 spiro atoms. The quantitative estimate of drug-likeness (QED) is 0.671. The molecular weight excluding hydrogens is 445 g/mol. The van der Waals surface area contributed by atoms with Gasteiger partial charge in [0.05, 0.1) is 17.6 Å². The fourth-order valence-electron chi connectivity index (χ4n) is 5.38. The van der Waals surface area contributed by atoms with Gasteiger partial charge in [0.25, 0.3) is 0 Å². The number of aryl methyl sites for hydroxylation is 2. The minimum atomic E-state index is -4.22. The average Bonchev–Trinajstić information content (AvgIpc) is 2.78. The third-order valence-electron chi connectivity index (χ3n) is 6.93. The van der Waals surface area contributed by atoms with Crippen molar-refractivity contribution in [2.45, 2.75) is 51.7 Å². The minimum absolute atomic E-state index is 0.0563. The van der Waals surface area contributed by atoms with Crippen LogP contribution in [0.25, 0.3) is 0 Å². The minimum Gasteiger partial charge on any atom is -0.366 e. The van der Waals surface area contributed by atoms with Gasteiger partial charge in [0, 0.05) is 31.9 Å². The normalized spacial score (nSPS) is 22.4. The van der Waals surface area contributed by atoms with Crippen LogP contribution in [0.1, 0.15) is 36.9 Å². The number of nitrogens with one attached hydrogen (secondary N) is 1. The molecule has 2 bridgehead atoms. The summed E-state index contributed by atoms with van der Waals surface area (Å²) < 4.78 is 40.1. The van der Waals surface area contributed by atoms with E-state index in [1.807, 2.05) is 32.0 Å². The Morgan fingerprint density at radius 1 is 1.03 bits per heavy atom. The van der Waals surface area contributed by atoms with E-state index in [0.29, 0.717) is 37.0 Å². The molecule has 3 aliphatic heterocycles. The molecule has 2 amide bonds. The summed E-state index contributed by atoms with van der Waals surface area (Å²) in [5, 5.41) is 2.92. The topological polar surface area (TPSA) is 64.6 Å². The summed E-state index contributed by atoms with van der Waals surface area (Å²) in [6.45, 7) is 5.81. The number of halogens is 3. The van der Waals surface area contributed by atoms with Crippen LogP contribution in [0.5, 0.6) is 0 Å². The van der Waals surface area contributed by atoms with Gasteiger partial charge in [0.2, 0.25) is 0 Å². The lowest BCUT2D eigenvalue weighted by atomic mass is 9.97. The van der Waals surface area contributed by atoms with Gasteiger partial charge >= 0.3 is 12.2 Å². The molecule has 7 nitrogen and oxygen atoms in total. The number of nitrogens with zero attached hydrogens (tertiary/aromatic N) is 5. The zero-order valence-corrected chi connectivity index (χ0v) is 19.4. The van der Waals surface area contributed by atoms with Gasteiger partial charge in [-0.1, -0.05) is 0 Å². The second-order valence-electron chi connectivity index (χ2n) is 9.55. The summed E-state index contributed by atoms with van der Waals surface area (Å²) >= 11 is 0. The molecule has 2 aromatic rings. The lowest BCUT2D eigenvalue weighted by Crippen LogP contribution is -2.56. The molecule has 2 aromatic heterocycles. The number of aromatic nitrogens is 2. The lowest BCUT2D eigenvalue weighted by Gasteiger charge is -2.46. The summed E-state index contributed by atoms with van der Waals surface area (Å²) in [5.41, 5.74) is 2.64. The van der Waals surface area contributed by atoms with Crippen LogP contribution in [0.15, 0.2) is 24.3 Å². The molecule has 182 valence electrons. The van der Waals surface area contributed by atoms with Gasteiger partial charge in [-0.3, -0.25) is 10.2 Å². The molecule has 0 aliphatic carbocycles. The van der Waals surface area contributed by atoms with Gasteiger partial charge in [-0.25, -0.2) is 14.8 Å². The van der Waals surface area contributed by atoms with Crippen molar-refractivity contribution in [1.29, 1.82) is 0 Å². The molecule has 2 fully saturated rings. The van der Waals surface area contributed by atoms with Crippen LogP contribution in [0, 0.1) is 19.8 Å². The molecule has 0 aromatic carbocycles. The monoisotopic (exact) mass is 474 g/mol. The Bertz CT molecular complexity index is 1070. The van der Waals surface area contributed by atoms with Crippen LogP contribution >= 0.6 is 0 Å². The second kappa shape index (κ2) is 8.63. The number of urea groups is 1. The lowest BCUT2D eigenvalue weighted by molar-refractivity contribution is -0.176. The standard InChI is InChI=1S/C24H29F3N6O/c1-15-11-16(2)28-20(12-15)29-23(34)33-18-6-4-9-31(14-18)19-7-8-21(30-22(19)33)32-10-3-5-17(13-32)24(25,26)27/h7-8,11-12,17-18H,3-6,9-10,13-14H2,1-2H3,(H,28,29,34). The first kappa shape index (κ1) is 22.7. The van der Waals surface area contributed by atoms with E-state index in [9.17, 15) is 18.0 Å². The van der Waals surface area contributed by atoms with Crippen molar-refractivity contribution in [3.05, 3.63) is 35.5 Å². The summed E-state index contributed by atoms with van der Waals surface area (Å²) in [6, 6.07) is 7.06. The average molecular weight is 475 g/mol. The van der Waals surface area contributed by atoms with Crippen molar-refractivity contribution in [1.82, 2.24) is 9.97 Å². The Labute approximate surface area is 197 Å². The van der Waals surface area contributed by atoms with E-state index in [0.717, 1.165) is 36.3 Å². The highest BCUT2D eigenvalue weighted by molar-refractivity contribution is 6.04. The number of fused-ring (bicyclic) bond motifs is 4. The zero-order valence-electron chi connectivity index (χ0n) is 19.4. The smallest absolute Gasteiger partial charge is 0.366 e.